The fourth-order valence-electron chi connectivity index (χ4n) is 3.61. The number of furan rings is 1. The molecule has 0 spiro atoms. The zero-order valence-electron chi connectivity index (χ0n) is 15.3. The number of amides is 1. The summed E-state index contributed by atoms with van der Waals surface area (Å²) in [6.07, 6.45) is 5.50. The van der Waals surface area contributed by atoms with Gasteiger partial charge in [-0.15, -0.1) is 0 Å². The van der Waals surface area contributed by atoms with E-state index in [1.54, 1.807) is 12.3 Å². The molecule has 1 amide bonds. The molecule has 0 saturated heterocycles. The summed E-state index contributed by atoms with van der Waals surface area (Å²) in [6, 6.07) is 19.1. The molecular weight excluding hydrogens is 350 g/mol. The Hall–Kier alpha value is -3.47. The lowest BCUT2D eigenvalue weighted by atomic mass is 10.0. The van der Waals surface area contributed by atoms with Crippen LogP contribution < -0.4 is 5.32 Å². The van der Waals surface area contributed by atoms with E-state index >= 15 is 0 Å². The second kappa shape index (κ2) is 6.60. The van der Waals surface area contributed by atoms with Gasteiger partial charge in [0.2, 0.25) is 0 Å². The van der Waals surface area contributed by atoms with Gasteiger partial charge in [-0.2, -0.15) is 0 Å². The Morgan fingerprint density at radius 2 is 1.93 bits per heavy atom. The van der Waals surface area contributed by atoms with Crippen LogP contribution in [0.25, 0.3) is 22.4 Å². The summed E-state index contributed by atoms with van der Waals surface area (Å²) in [4.78, 5) is 22.2. The van der Waals surface area contributed by atoms with Crippen molar-refractivity contribution in [2.45, 2.75) is 18.3 Å². The number of rotatable bonds is 5. The normalized spacial score (nSPS) is 14.7. The number of hydrogen-bond acceptors (Lipinski definition) is 4. The minimum atomic E-state index is -0.103. The zero-order valence-corrected chi connectivity index (χ0v) is 15.3. The molecule has 1 fully saturated rings. The van der Waals surface area contributed by atoms with Crippen LogP contribution in [-0.4, -0.2) is 22.4 Å². The van der Waals surface area contributed by atoms with Gasteiger partial charge >= 0.3 is 0 Å². The van der Waals surface area contributed by atoms with Crippen molar-refractivity contribution in [1.29, 1.82) is 0 Å². The second-order valence-electron chi connectivity index (χ2n) is 7.23. The minimum Gasteiger partial charge on any atom is -0.463 e. The van der Waals surface area contributed by atoms with Crippen LogP contribution in [0.1, 0.15) is 28.9 Å². The Labute approximate surface area is 162 Å². The predicted octanol–water partition coefficient (Wildman–Crippen LogP) is 4.35. The lowest BCUT2D eigenvalue weighted by Crippen LogP contribution is -2.32. The van der Waals surface area contributed by atoms with E-state index in [-0.39, 0.29) is 11.3 Å². The maximum atomic E-state index is 13.1. The van der Waals surface area contributed by atoms with E-state index in [2.05, 4.69) is 15.3 Å². The molecule has 1 aromatic carbocycles. The van der Waals surface area contributed by atoms with Gasteiger partial charge in [0.1, 0.15) is 5.69 Å². The summed E-state index contributed by atoms with van der Waals surface area (Å²) in [5, 5.41) is 3.96. The fourth-order valence-corrected chi connectivity index (χ4v) is 3.61. The van der Waals surface area contributed by atoms with Crippen LogP contribution in [0, 0.1) is 0 Å². The second-order valence-corrected chi connectivity index (χ2v) is 7.23. The Morgan fingerprint density at radius 3 is 2.68 bits per heavy atom. The molecule has 0 atom stereocenters. The third-order valence-corrected chi connectivity index (χ3v) is 5.38. The maximum absolute atomic E-state index is 13.1. The Kier molecular flexibility index (Phi) is 3.93. The van der Waals surface area contributed by atoms with Gasteiger partial charge in [0, 0.05) is 29.2 Å². The highest BCUT2D eigenvalue weighted by molar-refractivity contribution is 6.07. The first-order valence-electron chi connectivity index (χ1n) is 9.39. The number of aromatic nitrogens is 2. The highest BCUT2D eigenvalue weighted by Gasteiger charge is 2.45. The third-order valence-electron chi connectivity index (χ3n) is 5.38. The number of carbonyl (C=O) groups excluding carboxylic acids is 1. The van der Waals surface area contributed by atoms with Crippen molar-refractivity contribution in [3.8, 4) is 11.5 Å². The van der Waals surface area contributed by atoms with Crippen LogP contribution in [0.15, 0.2) is 77.5 Å². The first-order valence-corrected chi connectivity index (χ1v) is 9.39. The average Bonchev–Trinajstić information content (AvgIpc) is 3.34. The number of benzene rings is 1. The zero-order chi connectivity index (χ0) is 19.0. The smallest absolute Gasteiger partial charge is 0.252 e. The largest absolute Gasteiger partial charge is 0.463 e. The molecule has 1 saturated carbocycles. The highest BCUT2D eigenvalue weighted by atomic mass is 16.3. The Morgan fingerprint density at radius 1 is 1.07 bits per heavy atom. The van der Waals surface area contributed by atoms with E-state index in [9.17, 15) is 4.79 Å². The maximum Gasteiger partial charge on any atom is 0.252 e. The molecule has 3 heterocycles. The number of nitrogens with one attached hydrogen (secondary N) is 1. The van der Waals surface area contributed by atoms with Crippen LogP contribution in [0.3, 0.4) is 0 Å². The molecule has 28 heavy (non-hydrogen) atoms. The van der Waals surface area contributed by atoms with E-state index in [4.69, 9.17) is 4.42 Å². The number of pyridine rings is 2. The number of para-hydroxylation sites is 1. The van der Waals surface area contributed by atoms with Crippen molar-refractivity contribution in [2.75, 3.05) is 6.54 Å². The standard InChI is InChI=1S/C23H19N3O2/c27-22(25-15-23(10-11-23)21-9-3-4-12-24-21)17-14-19(20-8-5-13-28-20)26-18-7-2-1-6-16(17)18/h1-9,12-14H,10-11,15H2,(H,25,27). The molecule has 5 nitrogen and oxygen atoms in total. The van der Waals surface area contributed by atoms with Crippen molar-refractivity contribution in [2.24, 2.45) is 0 Å². The van der Waals surface area contributed by atoms with E-state index in [0.717, 1.165) is 29.4 Å². The van der Waals surface area contributed by atoms with Crippen LogP contribution in [0.4, 0.5) is 0 Å². The number of fused-ring (bicyclic) bond motifs is 1. The van der Waals surface area contributed by atoms with E-state index in [1.807, 2.05) is 60.8 Å². The van der Waals surface area contributed by atoms with Crippen LogP contribution in [0.2, 0.25) is 0 Å². The van der Waals surface area contributed by atoms with E-state index in [1.165, 1.54) is 0 Å². The molecule has 3 aromatic heterocycles. The molecule has 0 aliphatic heterocycles. The number of carbonyl (C=O) groups is 1. The number of nitrogens with zero attached hydrogens (tertiary/aromatic N) is 2. The van der Waals surface area contributed by atoms with Gasteiger partial charge < -0.3 is 9.73 Å². The first kappa shape index (κ1) is 16.7. The lowest BCUT2D eigenvalue weighted by Gasteiger charge is -2.16. The van der Waals surface area contributed by atoms with Crippen molar-refractivity contribution in [1.82, 2.24) is 15.3 Å². The van der Waals surface area contributed by atoms with E-state index < -0.39 is 0 Å². The molecule has 1 aliphatic rings. The van der Waals surface area contributed by atoms with Crippen LogP contribution >= 0.6 is 0 Å². The molecule has 138 valence electrons. The van der Waals surface area contributed by atoms with Crippen LogP contribution in [-0.2, 0) is 5.41 Å². The van der Waals surface area contributed by atoms with Gasteiger partial charge in [0.25, 0.3) is 5.91 Å². The molecule has 0 radical (unpaired) electrons. The van der Waals surface area contributed by atoms with Gasteiger partial charge in [-0.05, 0) is 49.2 Å². The third kappa shape index (κ3) is 2.95. The summed E-state index contributed by atoms with van der Waals surface area (Å²) in [6.45, 7) is 0.579. The molecule has 1 N–H and O–H groups in total. The first-order chi connectivity index (χ1) is 13.8. The average molecular weight is 369 g/mol. The molecule has 5 rings (SSSR count). The summed E-state index contributed by atoms with van der Waals surface area (Å²) in [7, 11) is 0. The Bertz CT molecular complexity index is 1130. The molecule has 5 heteroatoms. The molecule has 4 aromatic rings. The van der Waals surface area contributed by atoms with Crippen molar-refractivity contribution in [3.63, 3.8) is 0 Å². The predicted molar refractivity (Wildman–Crippen MR) is 107 cm³/mol. The molecule has 0 bridgehead atoms. The summed E-state index contributed by atoms with van der Waals surface area (Å²) in [5.74, 6) is 0.542. The minimum absolute atomic E-state index is 0.0381. The Balaban J connectivity index is 1.46. The number of hydrogen-bond donors (Lipinski definition) is 1. The van der Waals surface area contributed by atoms with Gasteiger partial charge in [0.05, 0.1) is 17.3 Å². The molecule has 0 unspecified atom stereocenters. The van der Waals surface area contributed by atoms with Gasteiger partial charge in [-0.25, -0.2) is 4.98 Å². The van der Waals surface area contributed by atoms with Crippen LogP contribution in [0.5, 0.6) is 0 Å². The van der Waals surface area contributed by atoms with Gasteiger partial charge in [0.15, 0.2) is 5.76 Å². The topological polar surface area (TPSA) is 68.0 Å². The SMILES string of the molecule is O=C(NCC1(c2ccccn2)CC1)c1cc(-c2ccco2)nc2ccccc12. The summed E-state index contributed by atoms with van der Waals surface area (Å²) in [5.41, 5.74) is 3.04. The van der Waals surface area contributed by atoms with E-state index in [0.29, 0.717) is 23.6 Å². The van der Waals surface area contributed by atoms with Gasteiger partial charge in [-0.3, -0.25) is 9.78 Å². The quantitative estimate of drug-likeness (QED) is 0.568. The van der Waals surface area contributed by atoms with Crippen molar-refractivity contribution < 1.29 is 9.21 Å². The summed E-state index contributed by atoms with van der Waals surface area (Å²) < 4.78 is 5.48. The monoisotopic (exact) mass is 369 g/mol. The van der Waals surface area contributed by atoms with Crippen molar-refractivity contribution >= 4 is 16.8 Å². The lowest BCUT2D eigenvalue weighted by molar-refractivity contribution is 0.0951. The van der Waals surface area contributed by atoms with Gasteiger partial charge in [-0.1, -0.05) is 24.3 Å². The molecular formula is C23H19N3O2. The fraction of sp³-hybridized carbons (Fsp3) is 0.174. The summed E-state index contributed by atoms with van der Waals surface area (Å²) >= 11 is 0. The highest BCUT2D eigenvalue weighted by Crippen LogP contribution is 2.46. The molecule has 1 aliphatic carbocycles. The van der Waals surface area contributed by atoms with Crippen molar-refractivity contribution in [3.05, 3.63) is 84.4 Å².